The first-order valence-corrected chi connectivity index (χ1v) is 7.48. The Hall–Kier alpha value is -1.63. The fraction of sp³-hybridized carbons (Fsp3) is 0.500. The summed E-state index contributed by atoms with van der Waals surface area (Å²) in [5, 5.41) is 5.78. The van der Waals surface area contributed by atoms with Crippen LogP contribution in [-0.2, 0) is 20.9 Å². The Bertz CT molecular complexity index is 513. The van der Waals surface area contributed by atoms with Crippen LogP contribution in [0.15, 0.2) is 30.3 Å². The summed E-state index contributed by atoms with van der Waals surface area (Å²) in [6.45, 7) is 3.61. The molecule has 0 aliphatic carbocycles. The largest absolute Gasteiger partial charge is 0.375 e. The summed E-state index contributed by atoms with van der Waals surface area (Å²) in [6, 6.07) is 9.34. The average Bonchev–Trinajstić information content (AvgIpc) is 2.53. The van der Waals surface area contributed by atoms with E-state index in [-0.39, 0.29) is 36.9 Å². The molecule has 1 fully saturated rings. The lowest BCUT2D eigenvalue weighted by Gasteiger charge is -2.29. The molecule has 2 N–H and O–H groups in total. The molecule has 0 aromatic heterocycles. The van der Waals surface area contributed by atoms with E-state index in [1.165, 1.54) is 0 Å². The highest BCUT2D eigenvalue weighted by Crippen LogP contribution is 2.04. The van der Waals surface area contributed by atoms with Crippen molar-refractivity contribution in [1.82, 2.24) is 15.5 Å². The van der Waals surface area contributed by atoms with Crippen molar-refractivity contribution in [2.75, 3.05) is 26.7 Å². The number of nitrogens with zero attached hydrogens (tertiary/aromatic N) is 1. The molecule has 6 nitrogen and oxygen atoms in total. The molecule has 0 spiro atoms. The molecule has 0 saturated carbocycles. The Labute approximate surface area is 143 Å². The minimum Gasteiger partial charge on any atom is -0.375 e. The van der Waals surface area contributed by atoms with Crippen molar-refractivity contribution in [3.63, 3.8) is 0 Å². The molecular formula is C16H24ClN3O3. The highest BCUT2D eigenvalue weighted by atomic mass is 35.5. The molecule has 0 radical (unpaired) electrons. The zero-order chi connectivity index (χ0) is 15.9. The van der Waals surface area contributed by atoms with Gasteiger partial charge in [0.25, 0.3) is 0 Å². The topological polar surface area (TPSA) is 70.7 Å². The van der Waals surface area contributed by atoms with E-state index in [0.29, 0.717) is 19.7 Å². The van der Waals surface area contributed by atoms with Crippen LogP contribution in [0.4, 0.5) is 0 Å². The van der Waals surface area contributed by atoms with E-state index in [0.717, 1.165) is 5.56 Å². The van der Waals surface area contributed by atoms with Crippen LogP contribution in [0.2, 0.25) is 0 Å². The number of rotatable bonds is 5. The molecule has 2 rings (SSSR count). The molecule has 1 aliphatic heterocycles. The number of ether oxygens (including phenoxy) is 1. The van der Waals surface area contributed by atoms with Crippen molar-refractivity contribution in [3.8, 4) is 0 Å². The second kappa shape index (κ2) is 9.50. The standard InChI is InChI=1S/C16H23N3O3.ClH/c1-12-15(17-8-9-22-12)16(21)18-10-14(20)19(2)11-13-6-4-3-5-7-13;/h3-7,12,15,17H,8-11H2,1-2H3,(H,18,21);1H/t12-,15+;/m1./s1. The summed E-state index contributed by atoms with van der Waals surface area (Å²) in [5.74, 6) is -0.324. The lowest BCUT2D eigenvalue weighted by molar-refractivity contribution is -0.135. The predicted octanol–water partition coefficient (Wildman–Crippen LogP) is 0.560. The van der Waals surface area contributed by atoms with Crippen LogP contribution in [0.25, 0.3) is 0 Å². The molecule has 1 aromatic carbocycles. The van der Waals surface area contributed by atoms with E-state index >= 15 is 0 Å². The quantitative estimate of drug-likeness (QED) is 0.821. The molecule has 128 valence electrons. The normalized spacial score (nSPS) is 20.3. The Morgan fingerprint density at radius 1 is 1.35 bits per heavy atom. The van der Waals surface area contributed by atoms with Crippen LogP contribution >= 0.6 is 12.4 Å². The van der Waals surface area contributed by atoms with Gasteiger partial charge in [0.15, 0.2) is 0 Å². The minimum absolute atomic E-state index is 0. The van der Waals surface area contributed by atoms with Crippen molar-refractivity contribution in [3.05, 3.63) is 35.9 Å². The number of likely N-dealkylation sites (N-methyl/N-ethyl adjacent to an activating group) is 1. The maximum absolute atomic E-state index is 12.1. The van der Waals surface area contributed by atoms with Gasteiger partial charge in [0.2, 0.25) is 11.8 Å². The molecule has 7 heteroatoms. The van der Waals surface area contributed by atoms with Gasteiger partial charge in [-0.15, -0.1) is 12.4 Å². The highest BCUT2D eigenvalue weighted by molar-refractivity contribution is 5.87. The number of morpholine rings is 1. The SMILES string of the molecule is C[C@H]1OCCN[C@@H]1C(=O)NCC(=O)N(C)Cc1ccccc1.Cl. The molecule has 1 aromatic rings. The van der Waals surface area contributed by atoms with Crippen LogP contribution in [0.5, 0.6) is 0 Å². The molecule has 1 saturated heterocycles. The first-order chi connectivity index (χ1) is 10.6. The predicted molar refractivity (Wildman–Crippen MR) is 90.4 cm³/mol. The van der Waals surface area contributed by atoms with Gasteiger partial charge < -0.3 is 20.3 Å². The molecule has 2 atom stereocenters. The third-order valence-corrected chi connectivity index (χ3v) is 3.70. The first-order valence-electron chi connectivity index (χ1n) is 7.48. The third-order valence-electron chi connectivity index (χ3n) is 3.70. The van der Waals surface area contributed by atoms with Crippen LogP contribution in [0.1, 0.15) is 12.5 Å². The van der Waals surface area contributed by atoms with E-state index in [1.54, 1.807) is 11.9 Å². The number of hydrogen-bond acceptors (Lipinski definition) is 4. The Kier molecular flexibility index (Phi) is 8.02. The molecule has 23 heavy (non-hydrogen) atoms. The number of carbonyl (C=O) groups excluding carboxylic acids is 2. The van der Waals surface area contributed by atoms with Crippen molar-refractivity contribution in [2.45, 2.75) is 25.6 Å². The molecule has 0 bridgehead atoms. The number of halogens is 1. The van der Waals surface area contributed by atoms with Gasteiger partial charge in [0, 0.05) is 20.1 Å². The number of nitrogens with one attached hydrogen (secondary N) is 2. The number of amides is 2. The van der Waals surface area contributed by atoms with Gasteiger partial charge >= 0.3 is 0 Å². The zero-order valence-electron chi connectivity index (χ0n) is 13.5. The fourth-order valence-corrected chi connectivity index (χ4v) is 2.38. The molecule has 1 heterocycles. The molecule has 1 aliphatic rings. The summed E-state index contributed by atoms with van der Waals surface area (Å²) in [7, 11) is 1.73. The van der Waals surface area contributed by atoms with Crippen LogP contribution < -0.4 is 10.6 Å². The van der Waals surface area contributed by atoms with Gasteiger partial charge in [0.05, 0.1) is 19.3 Å². The maximum atomic E-state index is 12.1. The van der Waals surface area contributed by atoms with Gasteiger partial charge in [-0.05, 0) is 12.5 Å². The van der Waals surface area contributed by atoms with Crippen molar-refractivity contribution in [1.29, 1.82) is 0 Å². The van der Waals surface area contributed by atoms with Gasteiger partial charge in [-0.2, -0.15) is 0 Å². The second-order valence-electron chi connectivity index (χ2n) is 5.46. The Balaban J connectivity index is 0.00000264. The molecule has 2 amide bonds. The summed E-state index contributed by atoms with van der Waals surface area (Å²) in [6.07, 6.45) is -0.189. The van der Waals surface area contributed by atoms with Gasteiger partial charge in [-0.25, -0.2) is 0 Å². The maximum Gasteiger partial charge on any atom is 0.242 e. The number of benzene rings is 1. The minimum atomic E-state index is -0.402. The van der Waals surface area contributed by atoms with E-state index < -0.39 is 6.04 Å². The molecule has 0 unspecified atom stereocenters. The number of carbonyl (C=O) groups is 2. The zero-order valence-corrected chi connectivity index (χ0v) is 14.3. The van der Waals surface area contributed by atoms with Crippen LogP contribution in [0, 0.1) is 0 Å². The summed E-state index contributed by atoms with van der Waals surface area (Å²) < 4.78 is 5.43. The summed E-state index contributed by atoms with van der Waals surface area (Å²) in [4.78, 5) is 25.7. The van der Waals surface area contributed by atoms with Crippen LogP contribution in [-0.4, -0.2) is 55.6 Å². The lowest BCUT2D eigenvalue weighted by Crippen LogP contribution is -2.56. The second-order valence-corrected chi connectivity index (χ2v) is 5.46. The Morgan fingerprint density at radius 2 is 2.04 bits per heavy atom. The number of hydrogen-bond donors (Lipinski definition) is 2. The average molecular weight is 342 g/mol. The van der Waals surface area contributed by atoms with E-state index in [1.807, 2.05) is 37.3 Å². The van der Waals surface area contributed by atoms with E-state index in [2.05, 4.69) is 10.6 Å². The first kappa shape index (κ1) is 19.4. The van der Waals surface area contributed by atoms with Crippen LogP contribution in [0.3, 0.4) is 0 Å². The highest BCUT2D eigenvalue weighted by Gasteiger charge is 2.28. The monoisotopic (exact) mass is 341 g/mol. The van der Waals surface area contributed by atoms with Gasteiger partial charge in [-0.3, -0.25) is 9.59 Å². The smallest absolute Gasteiger partial charge is 0.242 e. The summed E-state index contributed by atoms with van der Waals surface area (Å²) in [5.41, 5.74) is 1.06. The van der Waals surface area contributed by atoms with Crippen molar-refractivity contribution in [2.24, 2.45) is 0 Å². The van der Waals surface area contributed by atoms with Gasteiger partial charge in [0.1, 0.15) is 6.04 Å². The Morgan fingerprint density at radius 3 is 2.70 bits per heavy atom. The third kappa shape index (κ3) is 5.82. The van der Waals surface area contributed by atoms with E-state index in [4.69, 9.17) is 4.74 Å². The molecular weight excluding hydrogens is 318 g/mol. The van der Waals surface area contributed by atoms with Crippen molar-refractivity contribution >= 4 is 24.2 Å². The van der Waals surface area contributed by atoms with E-state index in [9.17, 15) is 9.59 Å². The summed E-state index contributed by atoms with van der Waals surface area (Å²) >= 11 is 0. The lowest BCUT2D eigenvalue weighted by atomic mass is 10.1. The fourth-order valence-electron chi connectivity index (χ4n) is 2.38. The van der Waals surface area contributed by atoms with Crippen molar-refractivity contribution < 1.29 is 14.3 Å². The van der Waals surface area contributed by atoms with Gasteiger partial charge in [-0.1, -0.05) is 30.3 Å².